The highest BCUT2D eigenvalue weighted by Crippen LogP contribution is 2.30. The fourth-order valence-corrected chi connectivity index (χ4v) is 2.36. The topological polar surface area (TPSA) is 69.4 Å². The minimum Gasteiger partial charge on any atom is -0.466 e. The number of nitro groups is 1. The summed E-state index contributed by atoms with van der Waals surface area (Å²) >= 11 is 0. The van der Waals surface area contributed by atoms with Crippen LogP contribution in [-0.2, 0) is 9.53 Å². The first-order valence-corrected chi connectivity index (χ1v) is 7.04. The molecule has 21 heavy (non-hydrogen) atoms. The van der Waals surface area contributed by atoms with E-state index in [4.69, 9.17) is 4.74 Å². The smallest absolute Gasteiger partial charge is 0.309 e. The predicted molar refractivity (Wildman–Crippen MR) is 80.6 cm³/mol. The molecule has 0 aromatic heterocycles. The van der Waals surface area contributed by atoms with Gasteiger partial charge in [-0.05, 0) is 25.3 Å². The second-order valence-corrected chi connectivity index (χ2v) is 4.76. The predicted octanol–water partition coefficient (Wildman–Crippen LogP) is 3.19. The third-order valence-electron chi connectivity index (χ3n) is 3.33. The lowest BCUT2D eigenvalue weighted by atomic mass is 9.83. The molecule has 0 saturated carbocycles. The van der Waals surface area contributed by atoms with Crippen LogP contribution in [0.2, 0.25) is 0 Å². The Hall–Kier alpha value is -2.17. The van der Waals surface area contributed by atoms with Crippen molar-refractivity contribution in [3.8, 4) is 0 Å². The Morgan fingerprint density at radius 3 is 2.62 bits per heavy atom. The van der Waals surface area contributed by atoms with Gasteiger partial charge in [-0.15, -0.1) is 6.58 Å². The Morgan fingerprint density at radius 1 is 1.43 bits per heavy atom. The summed E-state index contributed by atoms with van der Waals surface area (Å²) in [6.45, 7) is 5.35. The molecule has 0 heterocycles. The van der Waals surface area contributed by atoms with Gasteiger partial charge in [0.15, 0.2) is 0 Å². The van der Waals surface area contributed by atoms with Crippen LogP contribution in [0.5, 0.6) is 0 Å². The second kappa shape index (κ2) is 8.89. The molecular formula is C16H21NO4. The zero-order valence-corrected chi connectivity index (χ0v) is 12.2. The Bertz CT molecular complexity index is 472. The van der Waals surface area contributed by atoms with Crippen molar-refractivity contribution < 1.29 is 14.5 Å². The van der Waals surface area contributed by atoms with Crippen LogP contribution >= 0.6 is 0 Å². The molecule has 0 spiro atoms. The number of hydrogen-bond donors (Lipinski definition) is 0. The standard InChI is InChI=1S/C16H21NO4/c1-3-5-11-14(16(18)21-4-2)15(12-17(19)20)13-9-7-6-8-10-13/h3,6-10,14-15H,1,4-5,11-12H2,2H3. The van der Waals surface area contributed by atoms with E-state index in [2.05, 4.69) is 6.58 Å². The van der Waals surface area contributed by atoms with Gasteiger partial charge < -0.3 is 4.74 Å². The summed E-state index contributed by atoms with van der Waals surface area (Å²) in [6, 6.07) is 9.11. The molecule has 0 aliphatic rings. The highest BCUT2D eigenvalue weighted by molar-refractivity contribution is 5.73. The van der Waals surface area contributed by atoms with Gasteiger partial charge in [-0.1, -0.05) is 36.4 Å². The maximum Gasteiger partial charge on any atom is 0.309 e. The third kappa shape index (κ3) is 5.38. The number of benzene rings is 1. The van der Waals surface area contributed by atoms with Crippen molar-refractivity contribution in [1.82, 2.24) is 0 Å². The van der Waals surface area contributed by atoms with Gasteiger partial charge in [-0.2, -0.15) is 0 Å². The molecule has 0 amide bonds. The van der Waals surface area contributed by atoms with E-state index in [0.717, 1.165) is 5.56 Å². The van der Waals surface area contributed by atoms with Gasteiger partial charge in [0.25, 0.3) is 0 Å². The molecule has 0 fully saturated rings. The van der Waals surface area contributed by atoms with E-state index in [9.17, 15) is 14.9 Å². The van der Waals surface area contributed by atoms with Crippen molar-refractivity contribution in [2.45, 2.75) is 25.7 Å². The van der Waals surface area contributed by atoms with E-state index in [1.807, 2.05) is 30.3 Å². The van der Waals surface area contributed by atoms with Gasteiger partial charge in [0, 0.05) is 4.92 Å². The molecule has 0 aliphatic carbocycles. The number of esters is 1. The molecule has 2 unspecified atom stereocenters. The summed E-state index contributed by atoms with van der Waals surface area (Å²) in [7, 11) is 0. The molecule has 5 heteroatoms. The largest absolute Gasteiger partial charge is 0.466 e. The second-order valence-electron chi connectivity index (χ2n) is 4.76. The number of hydrogen-bond acceptors (Lipinski definition) is 4. The van der Waals surface area contributed by atoms with Crippen molar-refractivity contribution >= 4 is 5.97 Å². The van der Waals surface area contributed by atoms with Crippen molar-refractivity contribution in [1.29, 1.82) is 0 Å². The minimum atomic E-state index is -0.532. The quantitative estimate of drug-likeness (QED) is 0.303. The monoisotopic (exact) mass is 291 g/mol. The lowest BCUT2D eigenvalue weighted by Crippen LogP contribution is -2.29. The Morgan fingerprint density at radius 2 is 2.10 bits per heavy atom. The average molecular weight is 291 g/mol. The first kappa shape index (κ1) is 16.9. The van der Waals surface area contributed by atoms with Crippen LogP contribution in [0, 0.1) is 16.0 Å². The molecule has 114 valence electrons. The SMILES string of the molecule is C=CCCC(C(=O)OCC)C(C[N+](=O)[O-])c1ccccc1. The third-order valence-corrected chi connectivity index (χ3v) is 3.33. The van der Waals surface area contributed by atoms with Crippen LogP contribution in [-0.4, -0.2) is 24.0 Å². The molecule has 5 nitrogen and oxygen atoms in total. The van der Waals surface area contributed by atoms with Crippen molar-refractivity contribution in [3.63, 3.8) is 0 Å². The fraction of sp³-hybridized carbons (Fsp3) is 0.438. The van der Waals surface area contributed by atoms with E-state index >= 15 is 0 Å². The van der Waals surface area contributed by atoms with Gasteiger partial charge in [0.1, 0.15) is 0 Å². The molecule has 1 aromatic carbocycles. The maximum atomic E-state index is 12.2. The van der Waals surface area contributed by atoms with Crippen LogP contribution in [0.3, 0.4) is 0 Å². The number of rotatable bonds is 9. The fourth-order valence-electron chi connectivity index (χ4n) is 2.36. The molecule has 0 bridgehead atoms. The number of nitrogens with zero attached hydrogens (tertiary/aromatic N) is 1. The summed E-state index contributed by atoms with van der Waals surface area (Å²) in [6.07, 6.45) is 2.82. The highest BCUT2D eigenvalue weighted by Gasteiger charge is 2.33. The van der Waals surface area contributed by atoms with Crippen molar-refractivity contribution in [2.75, 3.05) is 13.2 Å². The molecule has 2 atom stereocenters. The van der Waals surface area contributed by atoms with E-state index in [-0.39, 0.29) is 24.0 Å². The van der Waals surface area contributed by atoms with Crippen molar-refractivity contribution in [3.05, 3.63) is 58.7 Å². The van der Waals surface area contributed by atoms with Crippen LogP contribution in [0.25, 0.3) is 0 Å². The molecule has 0 N–H and O–H groups in total. The van der Waals surface area contributed by atoms with Gasteiger partial charge >= 0.3 is 5.97 Å². The lowest BCUT2D eigenvalue weighted by molar-refractivity contribution is -0.484. The Balaban J connectivity index is 3.06. The van der Waals surface area contributed by atoms with Crippen molar-refractivity contribution in [2.24, 2.45) is 5.92 Å². The number of ether oxygens (including phenoxy) is 1. The van der Waals surface area contributed by atoms with E-state index in [1.54, 1.807) is 13.0 Å². The van der Waals surface area contributed by atoms with Gasteiger partial charge in [-0.25, -0.2) is 0 Å². The normalized spacial score (nSPS) is 13.2. The maximum absolute atomic E-state index is 12.2. The van der Waals surface area contributed by atoms with Gasteiger partial charge in [0.2, 0.25) is 6.54 Å². The molecular weight excluding hydrogens is 270 g/mol. The van der Waals surface area contributed by atoms with Crippen LogP contribution in [0.4, 0.5) is 0 Å². The Labute approximate surface area is 124 Å². The summed E-state index contributed by atoms with van der Waals surface area (Å²) in [5.41, 5.74) is 0.788. The summed E-state index contributed by atoms with van der Waals surface area (Å²) in [5, 5.41) is 11.0. The van der Waals surface area contributed by atoms with E-state index in [1.165, 1.54) is 0 Å². The molecule has 0 aliphatic heterocycles. The average Bonchev–Trinajstić information content (AvgIpc) is 2.47. The summed E-state index contributed by atoms with van der Waals surface area (Å²) in [5.74, 6) is -1.40. The number of allylic oxidation sites excluding steroid dienone is 1. The van der Waals surface area contributed by atoms with Gasteiger partial charge in [-0.3, -0.25) is 14.9 Å². The molecule has 1 aromatic rings. The first-order chi connectivity index (χ1) is 10.1. The number of carbonyl (C=O) groups excluding carboxylic acids is 1. The Kier molecular flexibility index (Phi) is 7.15. The lowest BCUT2D eigenvalue weighted by Gasteiger charge is -2.22. The first-order valence-electron chi connectivity index (χ1n) is 7.04. The number of carbonyl (C=O) groups is 1. The van der Waals surface area contributed by atoms with Crippen LogP contribution in [0.15, 0.2) is 43.0 Å². The minimum absolute atomic E-state index is 0.267. The molecule has 1 rings (SSSR count). The zero-order chi connectivity index (χ0) is 15.7. The van der Waals surface area contributed by atoms with Crippen LogP contribution < -0.4 is 0 Å². The summed E-state index contributed by atoms with van der Waals surface area (Å²) in [4.78, 5) is 22.8. The van der Waals surface area contributed by atoms with Crippen LogP contribution in [0.1, 0.15) is 31.2 Å². The summed E-state index contributed by atoms with van der Waals surface area (Å²) < 4.78 is 5.09. The van der Waals surface area contributed by atoms with E-state index in [0.29, 0.717) is 12.8 Å². The zero-order valence-electron chi connectivity index (χ0n) is 12.2. The highest BCUT2D eigenvalue weighted by atomic mass is 16.6. The molecule has 0 saturated heterocycles. The molecule has 0 radical (unpaired) electrons. The van der Waals surface area contributed by atoms with Gasteiger partial charge in [0.05, 0.1) is 18.4 Å². The van der Waals surface area contributed by atoms with E-state index < -0.39 is 11.8 Å².